The Morgan fingerprint density at radius 3 is 2.74 bits per heavy atom. The normalized spacial score (nSPS) is 10.5. The molecule has 0 amide bonds. The van der Waals surface area contributed by atoms with Crippen molar-refractivity contribution in [3.63, 3.8) is 0 Å². The van der Waals surface area contributed by atoms with Crippen molar-refractivity contribution in [2.75, 3.05) is 11.9 Å². The quantitative estimate of drug-likeness (QED) is 0.839. The van der Waals surface area contributed by atoms with Gasteiger partial charge >= 0.3 is 0 Å². The molecule has 0 saturated heterocycles. The molecular formula is C13H12BrFN2S2. The highest BCUT2D eigenvalue weighted by Gasteiger charge is 2.10. The second-order valence-corrected chi connectivity index (χ2v) is 6.47. The van der Waals surface area contributed by atoms with Gasteiger partial charge in [-0.2, -0.15) is 0 Å². The van der Waals surface area contributed by atoms with Crippen molar-refractivity contribution >= 4 is 50.2 Å². The van der Waals surface area contributed by atoms with Crippen LogP contribution in [0.5, 0.6) is 0 Å². The van der Waals surface area contributed by atoms with Crippen LogP contribution in [0.25, 0.3) is 0 Å². The van der Waals surface area contributed by atoms with Gasteiger partial charge < -0.3 is 10.6 Å². The van der Waals surface area contributed by atoms with Crippen LogP contribution in [0.2, 0.25) is 0 Å². The zero-order valence-electron chi connectivity index (χ0n) is 10.2. The Kier molecular flexibility index (Phi) is 4.54. The van der Waals surface area contributed by atoms with Crippen LogP contribution in [-0.2, 0) is 6.54 Å². The van der Waals surface area contributed by atoms with E-state index in [1.807, 2.05) is 23.4 Å². The molecule has 2 N–H and O–H groups in total. The lowest BCUT2D eigenvalue weighted by atomic mass is 10.2. The third kappa shape index (κ3) is 3.52. The van der Waals surface area contributed by atoms with Crippen LogP contribution in [-0.4, -0.2) is 12.0 Å². The van der Waals surface area contributed by atoms with Gasteiger partial charge in [0.1, 0.15) is 10.8 Å². The first-order valence-electron chi connectivity index (χ1n) is 5.51. The van der Waals surface area contributed by atoms with E-state index in [-0.39, 0.29) is 10.8 Å². The van der Waals surface area contributed by atoms with Gasteiger partial charge in [-0.3, -0.25) is 0 Å². The number of thiocarbonyl (C=S) groups is 1. The van der Waals surface area contributed by atoms with Crippen molar-refractivity contribution in [1.29, 1.82) is 0 Å². The van der Waals surface area contributed by atoms with Crippen LogP contribution >= 0.6 is 39.5 Å². The van der Waals surface area contributed by atoms with E-state index in [4.69, 9.17) is 18.0 Å². The molecular weight excluding hydrogens is 347 g/mol. The molecule has 0 atom stereocenters. The largest absolute Gasteiger partial charge is 0.389 e. The molecule has 19 heavy (non-hydrogen) atoms. The molecule has 2 nitrogen and oxygen atoms in total. The first-order chi connectivity index (χ1) is 8.97. The summed E-state index contributed by atoms with van der Waals surface area (Å²) in [4.78, 5) is 3.22. The van der Waals surface area contributed by atoms with Crippen LogP contribution in [0.1, 0.15) is 10.4 Å². The van der Waals surface area contributed by atoms with E-state index < -0.39 is 0 Å². The van der Waals surface area contributed by atoms with Gasteiger partial charge in [0.2, 0.25) is 0 Å². The van der Waals surface area contributed by atoms with Crippen LogP contribution in [0, 0.1) is 5.82 Å². The number of hydrogen-bond donors (Lipinski definition) is 1. The summed E-state index contributed by atoms with van der Waals surface area (Å²) in [6.45, 7) is 0.652. The zero-order chi connectivity index (χ0) is 14.0. The molecule has 0 aliphatic rings. The van der Waals surface area contributed by atoms with Gasteiger partial charge in [-0.1, -0.05) is 12.2 Å². The number of halogens is 2. The highest BCUT2D eigenvalue weighted by atomic mass is 79.9. The van der Waals surface area contributed by atoms with E-state index in [0.717, 1.165) is 9.35 Å². The second kappa shape index (κ2) is 5.98. The van der Waals surface area contributed by atoms with Crippen LogP contribution in [0.3, 0.4) is 0 Å². The Morgan fingerprint density at radius 2 is 2.21 bits per heavy atom. The van der Waals surface area contributed by atoms with E-state index in [2.05, 4.69) is 15.9 Å². The van der Waals surface area contributed by atoms with Crippen LogP contribution in [0.15, 0.2) is 34.1 Å². The molecule has 6 heteroatoms. The lowest BCUT2D eigenvalue weighted by Gasteiger charge is -2.19. The van der Waals surface area contributed by atoms with Gasteiger partial charge in [-0.25, -0.2) is 4.39 Å². The molecule has 0 fully saturated rings. The van der Waals surface area contributed by atoms with Crippen molar-refractivity contribution in [2.45, 2.75) is 6.54 Å². The fraction of sp³-hybridized carbons (Fsp3) is 0.154. The summed E-state index contributed by atoms with van der Waals surface area (Å²) >= 11 is 9.87. The number of nitrogens with zero attached hydrogens (tertiary/aromatic N) is 1. The van der Waals surface area contributed by atoms with E-state index in [1.165, 1.54) is 6.07 Å². The number of hydrogen-bond acceptors (Lipinski definition) is 3. The lowest BCUT2D eigenvalue weighted by molar-refractivity contribution is 0.622. The minimum atomic E-state index is -0.316. The highest BCUT2D eigenvalue weighted by Crippen LogP contribution is 2.25. The van der Waals surface area contributed by atoms with E-state index in [1.54, 1.807) is 23.5 Å². The van der Waals surface area contributed by atoms with E-state index in [9.17, 15) is 4.39 Å². The molecule has 0 spiro atoms. The van der Waals surface area contributed by atoms with Gasteiger partial charge in [0.25, 0.3) is 0 Å². The molecule has 1 aromatic heterocycles. The third-order valence-corrected chi connectivity index (χ3v) is 4.58. The molecule has 0 saturated carbocycles. The third-order valence-electron chi connectivity index (χ3n) is 2.66. The first kappa shape index (κ1) is 14.4. The Hall–Kier alpha value is -0.980. The van der Waals surface area contributed by atoms with E-state index in [0.29, 0.717) is 17.8 Å². The Balaban J connectivity index is 2.19. The molecule has 2 aromatic rings. The van der Waals surface area contributed by atoms with E-state index >= 15 is 0 Å². The Bertz CT molecular complexity index is 612. The first-order valence-corrected chi connectivity index (χ1v) is 7.59. The van der Waals surface area contributed by atoms with Gasteiger partial charge in [0.05, 0.1) is 12.2 Å². The number of thiophene rings is 1. The summed E-state index contributed by atoms with van der Waals surface area (Å²) < 4.78 is 15.1. The predicted molar refractivity (Wildman–Crippen MR) is 86.4 cm³/mol. The zero-order valence-corrected chi connectivity index (χ0v) is 13.4. The van der Waals surface area contributed by atoms with Gasteiger partial charge in [-0.05, 0) is 40.2 Å². The molecule has 0 aliphatic heterocycles. The number of anilines is 1. The molecule has 0 unspecified atom stereocenters. The topological polar surface area (TPSA) is 29.3 Å². The Morgan fingerprint density at radius 1 is 1.47 bits per heavy atom. The molecule has 0 bridgehead atoms. The standard InChI is InChI=1S/C13H12BrFN2S2/c1-17(6-10-5-9(14)7-19-10)12-3-2-8(13(16)18)4-11(12)15/h2-5,7H,6H2,1H3,(H2,16,18). The number of rotatable bonds is 4. The molecule has 0 aliphatic carbocycles. The maximum Gasteiger partial charge on any atom is 0.147 e. The monoisotopic (exact) mass is 358 g/mol. The highest BCUT2D eigenvalue weighted by molar-refractivity contribution is 9.10. The van der Waals surface area contributed by atoms with Gasteiger partial charge in [0.15, 0.2) is 0 Å². The average molecular weight is 359 g/mol. The maximum atomic E-state index is 14.0. The minimum absolute atomic E-state index is 0.204. The van der Waals surface area contributed by atoms with Gasteiger partial charge in [-0.15, -0.1) is 11.3 Å². The van der Waals surface area contributed by atoms with Crippen molar-refractivity contribution in [3.05, 3.63) is 50.4 Å². The summed E-state index contributed by atoms with van der Waals surface area (Å²) in [5, 5.41) is 2.01. The van der Waals surface area contributed by atoms with Crippen LogP contribution in [0.4, 0.5) is 10.1 Å². The lowest BCUT2D eigenvalue weighted by Crippen LogP contribution is -2.18. The fourth-order valence-corrected chi connectivity index (χ4v) is 3.36. The van der Waals surface area contributed by atoms with Crippen LogP contribution < -0.4 is 10.6 Å². The molecule has 2 rings (SSSR count). The maximum absolute atomic E-state index is 14.0. The summed E-state index contributed by atoms with van der Waals surface area (Å²) in [5.74, 6) is -0.316. The number of benzene rings is 1. The van der Waals surface area contributed by atoms with Gasteiger partial charge in [0, 0.05) is 27.3 Å². The predicted octanol–water partition coefficient (Wildman–Crippen LogP) is 3.92. The summed E-state index contributed by atoms with van der Waals surface area (Å²) in [7, 11) is 1.85. The van der Waals surface area contributed by atoms with Crippen molar-refractivity contribution in [1.82, 2.24) is 0 Å². The minimum Gasteiger partial charge on any atom is -0.389 e. The van der Waals surface area contributed by atoms with Crippen molar-refractivity contribution < 1.29 is 4.39 Å². The average Bonchev–Trinajstić information content (AvgIpc) is 2.74. The SMILES string of the molecule is CN(Cc1cc(Br)cs1)c1ccc(C(N)=S)cc1F. The Labute approximate surface area is 129 Å². The molecule has 1 aromatic carbocycles. The molecule has 0 radical (unpaired) electrons. The van der Waals surface area contributed by atoms with Crippen molar-refractivity contribution in [3.8, 4) is 0 Å². The summed E-state index contributed by atoms with van der Waals surface area (Å²) in [5.41, 5.74) is 6.56. The smallest absolute Gasteiger partial charge is 0.147 e. The summed E-state index contributed by atoms with van der Waals surface area (Å²) in [6.07, 6.45) is 0. The van der Waals surface area contributed by atoms with Crippen molar-refractivity contribution in [2.24, 2.45) is 5.73 Å². The molecule has 1 heterocycles. The fourth-order valence-electron chi connectivity index (χ4n) is 1.73. The summed E-state index contributed by atoms with van der Waals surface area (Å²) in [6, 6.07) is 6.84. The number of nitrogens with two attached hydrogens (primary N) is 1. The second-order valence-electron chi connectivity index (χ2n) is 4.12. The molecule has 100 valence electrons.